The summed E-state index contributed by atoms with van der Waals surface area (Å²) < 4.78 is 32.4. The van der Waals surface area contributed by atoms with E-state index in [4.69, 9.17) is 4.74 Å². The average molecular weight is 229 g/mol. The molecule has 1 atom stereocenters. The number of methoxy groups -OCH3 is 1. The van der Waals surface area contributed by atoms with Gasteiger partial charge < -0.3 is 10.1 Å². The fourth-order valence-corrected chi connectivity index (χ4v) is 1.44. The highest BCUT2D eigenvalue weighted by Crippen LogP contribution is 2.33. The van der Waals surface area contributed by atoms with E-state index in [-0.39, 0.29) is 18.0 Å². The topological polar surface area (TPSA) is 21.3 Å². The molecule has 0 aliphatic carbocycles. The molecule has 0 saturated carbocycles. The van der Waals surface area contributed by atoms with Gasteiger partial charge in [-0.15, -0.1) is 0 Å². The Bertz CT molecular complexity index is 324. The molecule has 0 spiro atoms. The molecule has 1 N–H and O–H groups in total. The van der Waals surface area contributed by atoms with Gasteiger partial charge in [-0.2, -0.15) is 0 Å². The Morgan fingerprint density at radius 3 is 2.31 bits per heavy atom. The predicted molar refractivity (Wildman–Crippen MR) is 60.0 cm³/mol. The van der Waals surface area contributed by atoms with Crippen LogP contribution < -0.4 is 10.1 Å². The number of rotatable bonds is 5. The van der Waals surface area contributed by atoms with E-state index in [0.717, 1.165) is 0 Å². The number of halogens is 2. The summed E-state index contributed by atoms with van der Waals surface area (Å²) in [7, 11) is 3.19. The van der Waals surface area contributed by atoms with Gasteiger partial charge in [0.05, 0.1) is 7.11 Å². The molecule has 0 bridgehead atoms. The van der Waals surface area contributed by atoms with Crippen LogP contribution in [-0.2, 0) is 5.92 Å². The number of benzene rings is 1. The van der Waals surface area contributed by atoms with Crippen molar-refractivity contribution in [2.75, 3.05) is 14.2 Å². The number of alkyl halides is 2. The Labute approximate surface area is 94.6 Å². The third-order valence-electron chi connectivity index (χ3n) is 2.57. The van der Waals surface area contributed by atoms with Gasteiger partial charge in [0.1, 0.15) is 5.75 Å². The number of hydrogen-bond donors (Lipinski definition) is 1. The molecule has 0 heterocycles. The van der Waals surface area contributed by atoms with E-state index >= 15 is 0 Å². The predicted octanol–water partition coefficient (Wildman–Crippen LogP) is 2.79. The molecule has 0 aliphatic heterocycles. The van der Waals surface area contributed by atoms with Crippen LogP contribution in [0.1, 0.15) is 18.9 Å². The molecule has 0 aliphatic rings. The van der Waals surface area contributed by atoms with Crippen molar-refractivity contribution >= 4 is 0 Å². The van der Waals surface area contributed by atoms with E-state index in [9.17, 15) is 8.78 Å². The lowest BCUT2D eigenvalue weighted by Crippen LogP contribution is -2.29. The van der Waals surface area contributed by atoms with Crippen LogP contribution in [0.25, 0.3) is 0 Å². The average Bonchev–Trinajstić information content (AvgIpc) is 2.28. The lowest BCUT2D eigenvalue weighted by Gasteiger charge is -2.20. The van der Waals surface area contributed by atoms with Crippen molar-refractivity contribution in [3.63, 3.8) is 0 Å². The summed E-state index contributed by atoms with van der Waals surface area (Å²) in [6.07, 6.45) is -0.212. The van der Waals surface area contributed by atoms with Crippen LogP contribution in [0.15, 0.2) is 24.3 Å². The Morgan fingerprint density at radius 2 is 1.88 bits per heavy atom. The SMILES string of the molecule is CNC(C)CC(F)(F)c1ccc(OC)cc1. The van der Waals surface area contributed by atoms with Gasteiger partial charge in [0, 0.05) is 18.0 Å². The molecule has 0 saturated heterocycles. The molecule has 0 aromatic heterocycles. The van der Waals surface area contributed by atoms with Crippen LogP contribution >= 0.6 is 0 Å². The number of hydrogen-bond acceptors (Lipinski definition) is 2. The summed E-state index contributed by atoms with van der Waals surface area (Å²) in [6.45, 7) is 1.73. The quantitative estimate of drug-likeness (QED) is 0.838. The molecule has 2 nitrogen and oxygen atoms in total. The molecule has 0 amide bonds. The standard InChI is InChI=1S/C12H17F2NO/c1-9(15-2)8-12(13,14)10-4-6-11(16-3)7-5-10/h4-7,9,15H,8H2,1-3H3. The minimum absolute atomic E-state index is 0.0235. The van der Waals surface area contributed by atoms with Crippen LogP contribution in [0.5, 0.6) is 5.75 Å². The molecular formula is C12H17F2NO. The second kappa shape index (κ2) is 5.25. The van der Waals surface area contributed by atoms with Crippen molar-refractivity contribution in [3.8, 4) is 5.75 Å². The molecule has 1 aromatic rings. The summed E-state index contributed by atoms with van der Waals surface area (Å²) in [5, 5.41) is 2.81. The molecule has 16 heavy (non-hydrogen) atoms. The first kappa shape index (κ1) is 12.9. The van der Waals surface area contributed by atoms with Crippen molar-refractivity contribution in [3.05, 3.63) is 29.8 Å². The van der Waals surface area contributed by atoms with Crippen molar-refractivity contribution in [2.24, 2.45) is 0 Å². The monoisotopic (exact) mass is 229 g/mol. The fourth-order valence-electron chi connectivity index (χ4n) is 1.44. The Morgan fingerprint density at radius 1 is 1.31 bits per heavy atom. The summed E-state index contributed by atoms with van der Waals surface area (Å²) in [5.41, 5.74) is 0.0235. The fraction of sp³-hybridized carbons (Fsp3) is 0.500. The van der Waals surface area contributed by atoms with Crippen LogP contribution in [0.3, 0.4) is 0 Å². The molecule has 1 unspecified atom stereocenters. The van der Waals surface area contributed by atoms with Gasteiger partial charge in [0.25, 0.3) is 5.92 Å². The van der Waals surface area contributed by atoms with E-state index in [0.29, 0.717) is 5.75 Å². The Balaban J connectivity index is 2.80. The molecular weight excluding hydrogens is 212 g/mol. The first-order chi connectivity index (χ1) is 7.49. The van der Waals surface area contributed by atoms with E-state index < -0.39 is 5.92 Å². The molecule has 1 aromatic carbocycles. The highest BCUT2D eigenvalue weighted by molar-refractivity contribution is 5.29. The minimum Gasteiger partial charge on any atom is -0.497 e. The maximum absolute atomic E-state index is 13.7. The zero-order valence-corrected chi connectivity index (χ0v) is 9.76. The normalized spacial score (nSPS) is 13.6. The van der Waals surface area contributed by atoms with Crippen molar-refractivity contribution < 1.29 is 13.5 Å². The Kier molecular flexibility index (Phi) is 4.24. The molecule has 0 fully saturated rings. The van der Waals surface area contributed by atoms with Gasteiger partial charge in [-0.25, -0.2) is 8.78 Å². The molecule has 4 heteroatoms. The van der Waals surface area contributed by atoms with E-state index in [2.05, 4.69) is 5.32 Å². The lowest BCUT2D eigenvalue weighted by atomic mass is 10.0. The van der Waals surface area contributed by atoms with E-state index in [1.54, 1.807) is 26.1 Å². The molecule has 90 valence electrons. The van der Waals surface area contributed by atoms with Gasteiger partial charge in [-0.1, -0.05) is 0 Å². The van der Waals surface area contributed by atoms with Crippen LogP contribution in [-0.4, -0.2) is 20.2 Å². The third-order valence-corrected chi connectivity index (χ3v) is 2.57. The number of nitrogens with one attached hydrogen (secondary N) is 1. The smallest absolute Gasteiger partial charge is 0.274 e. The van der Waals surface area contributed by atoms with Crippen LogP contribution in [0.4, 0.5) is 8.78 Å². The van der Waals surface area contributed by atoms with Crippen molar-refractivity contribution in [1.29, 1.82) is 0 Å². The van der Waals surface area contributed by atoms with Gasteiger partial charge in [-0.3, -0.25) is 0 Å². The molecule has 0 radical (unpaired) electrons. The van der Waals surface area contributed by atoms with Gasteiger partial charge >= 0.3 is 0 Å². The number of ether oxygens (including phenoxy) is 1. The van der Waals surface area contributed by atoms with E-state index in [1.807, 2.05) is 0 Å². The van der Waals surface area contributed by atoms with Gasteiger partial charge in [0.15, 0.2) is 0 Å². The Hall–Kier alpha value is -1.16. The zero-order chi connectivity index (χ0) is 12.2. The van der Waals surface area contributed by atoms with Crippen molar-refractivity contribution in [2.45, 2.75) is 25.3 Å². The van der Waals surface area contributed by atoms with Crippen LogP contribution in [0, 0.1) is 0 Å². The maximum atomic E-state index is 13.7. The first-order valence-electron chi connectivity index (χ1n) is 5.19. The molecule has 1 rings (SSSR count). The highest BCUT2D eigenvalue weighted by atomic mass is 19.3. The second-order valence-corrected chi connectivity index (χ2v) is 3.83. The second-order valence-electron chi connectivity index (χ2n) is 3.83. The van der Waals surface area contributed by atoms with Gasteiger partial charge in [0.2, 0.25) is 0 Å². The van der Waals surface area contributed by atoms with Gasteiger partial charge in [-0.05, 0) is 38.2 Å². The first-order valence-corrected chi connectivity index (χ1v) is 5.19. The minimum atomic E-state index is -2.81. The lowest BCUT2D eigenvalue weighted by molar-refractivity contribution is -0.0207. The zero-order valence-electron chi connectivity index (χ0n) is 9.76. The summed E-state index contributed by atoms with van der Waals surface area (Å²) >= 11 is 0. The summed E-state index contributed by atoms with van der Waals surface area (Å²) in [6, 6.07) is 5.68. The highest BCUT2D eigenvalue weighted by Gasteiger charge is 2.32. The van der Waals surface area contributed by atoms with Crippen LogP contribution in [0.2, 0.25) is 0 Å². The largest absolute Gasteiger partial charge is 0.497 e. The van der Waals surface area contributed by atoms with Crippen molar-refractivity contribution in [1.82, 2.24) is 5.32 Å². The maximum Gasteiger partial charge on any atom is 0.274 e. The third kappa shape index (κ3) is 3.17. The summed E-state index contributed by atoms with van der Waals surface area (Å²) in [5.74, 6) is -2.23. The summed E-state index contributed by atoms with van der Waals surface area (Å²) in [4.78, 5) is 0. The van der Waals surface area contributed by atoms with E-state index in [1.165, 1.54) is 19.2 Å².